The quantitative estimate of drug-likeness (QED) is 0.704. The van der Waals surface area contributed by atoms with Gasteiger partial charge in [0.05, 0.1) is 18.3 Å². The molecule has 94 valence electrons. The SMILES string of the molecule is CC(C)NC(=S)N1CC(CO)OC(C)(C)C1. The second-order valence-electron chi connectivity index (χ2n) is 5.17. The van der Waals surface area contributed by atoms with Crippen molar-refractivity contribution in [1.29, 1.82) is 0 Å². The van der Waals surface area contributed by atoms with Gasteiger partial charge in [-0.05, 0) is 39.9 Å². The summed E-state index contributed by atoms with van der Waals surface area (Å²) in [4.78, 5) is 2.07. The average molecular weight is 246 g/mol. The van der Waals surface area contributed by atoms with Crippen LogP contribution in [0.15, 0.2) is 0 Å². The van der Waals surface area contributed by atoms with E-state index in [1.165, 1.54) is 0 Å². The van der Waals surface area contributed by atoms with E-state index in [0.29, 0.717) is 12.6 Å². The summed E-state index contributed by atoms with van der Waals surface area (Å²) in [5.41, 5.74) is -0.269. The summed E-state index contributed by atoms with van der Waals surface area (Å²) in [6, 6.07) is 0.325. The number of aliphatic hydroxyl groups is 1. The number of nitrogens with one attached hydrogen (secondary N) is 1. The number of morpholine rings is 1. The Kier molecular flexibility index (Phi) is 4.52. The minimum atomic E-state index is -0.269. The molecule has 5 heteroatoms. The highest BCUT2D eigenvalue weighted by atomic mass is 32.1. The van der Waals surface area contributed by atoms with Crippen molar-refractivity contribution in [3.05, 3.63) is 0 Å². The van der Waals surface area contributed by atoms with Gasteiger partial charge in [0.2, 0.25) is 0 Å². The molecule has 1 atom stereocenters. The molecule has 0 amide bonds. The van der Waals surface area contributed by atoms with Crippen LogP contribution in [0.3, 0.4) is 0 Å². The number of hydrogen-bond donors (Lipinski definition) is 2. The second kappa shape index (κ2) is 5.29. The number of thiocarbonyl (C=S) groups is 1. The minimum absolute atomic E-state index is 0.0320. The topological polar surface area (TPSA) is 44.7 Å². The van der Waals surface area contributed by atoms with E-state index in [1.807, 2.05) is 13.8 Å². The van der Waals surface area contributed by atoms with Gasteiger partial charge in [0.15, 0.2) is 5.11 Å². The summed E-state index contributed by atoms with van der Waals surface area (Å²) < 4.78 is 5.73. The zero-order chi connectivity index (χ0) is 12.3. The van der Waals surface area contributed by atoms with Crippen LogP contribution in [0.1, 0.15) is 27.7 Å². The normalized spacial score (nSPS) is 24.6. The van der Waals surface area contributed by atoms with Crippen molar-refractivity contribution in [1.82, 2.24) is 10.2 Å². The Balaban J connectivity index is 2.62. The lowest BCUT2D eigenvalue weighted by Gasteiger charge is -2.43. The number of rotatable bonds is 2. The third kappa shape index (κ3) is 3.88. The molecule has 1 aliphatic heterocycles. The highest BCUT2D eigenvalue weighted by Crippen LogP contribution is 2.20. The first-order valence-electron chi connectivity index (χ1n) is 5.68. The molecule has 1 rings (SSSR count). The molecule has 1 unspecified atom stereocenters. The van der Waals surface area contributed by atoms with Crippen LogP contribution in [0.2, 0.25) is 0 Å². The van der Waals surface area contributed by atoms with E-state index in [2.05, 4.69) is 24.1 Å². The van der Waals surface area contributed by atoms with Gasteiger partial charge in [-0.25, -0.2) is 0 Å². The molecular formula is C11H22N2O2S. The molecule has 0 aromatic rings. The second-order valence-corrected chi connectivity index (χ2v) is 5.55. The fourth-order valence-corrected chi connectivity index (χ4v) is 2.26. The van der Waals surface area contributed by atoms with E-state index in [-0.39, 0.29) is 18.3 Å². The molecule has 1 aliphatic rings. The number of ether oxygens (including phenoxy) is 1. The van der Waals surface area contributed by atoms with Gasteiger partial charge in [0.25, 0.3) is 0 Å². The molecule has 4 nitrogen and oxygen atoms in total. The fraction of sp³-hybridized carbons (Fsp3) is 0.909. The van der Waals surface area contributed by atoms with Crippen LogP contribution in [0.4, 0.5) is 0 Å². The smallest absolute Gasteiger partial charge is 0.169 e. The number of aliphatic hydroxyl groups excluding tert-OH is 1. The van der Waals surface area contributed by atoms with Gasteiger partial charge in [0.1, 0.15) is 0 Å². The van der Waals surface area contributed by atoms with Crippen LogP contribution in [0.25, 0.3) is 0 Å². The largest absolute Gasteiger partial charge is 0.394 e. The first-order valence-corrected chi connectivity index (χ1v) is 6.09. The Morgan fingerprint density at radius 1 is 1.62 bits per heavy atom. The fourth-order valence-electron chi connectivity index (χ4n) is 1.88. The predicted molar refractivity (Wildman–Crippen MR) is 68.5 cm³/mol. The van der Waals surface area contributed by atoms with Gasteiger partial charge in [-0.2, -0.15) is 0 Å². The first kappa shape index (κ1) is 13.7. The van der Waals surface area contributed by atoms with Gasteiger partial charge in [0, 0.05) is 19.1 Å². The molecule has 0 aromatic heterocycles. The lowest BCUT2D eigenvalue weighted by molar-refractivity contribution is -0.134. The van der Waals surface area contributed by atoms with E-state index in [1.54, 1.807) is 0 Å². The van der Waals surface area contributed by atoms with Crippen molar-refractivity contribution >= 4 is 17.3 Å². The summed E-state index contributed by atoms with van der Waals surface area (Å²) in [7, 11) is 0. The molecule has 0 radical (unpaired) electrons. The molecule has 1 saturated heterocycles. The van der Waals surface area contributed by atoms with Crippen LogP contribution >= 0.6 is 12.2 Å². The lowest BCUT2D eigenvalue weighted by Crippen LogP contribution is -2.58. The van der Waals surface area contributed by atoms with Crippen LogP contribution < -0.4 is 5.32 Å². The van der Waals surface area contributed by atoms with Crippen molar-refractivity contribution in [2.75, 3.05) is 19.7 Å². The monoisotopic (exact) mass is 246 g/mol. The maximum absolute atomic E-state index is 9.19. The highest BCUT2D eigenvalue weighted by Gasteiger charge is 2.34. The minimum Gasteiger partial charge on any atom is -0.394 e. The molecule has 0 aliphatic carbocycles. The van der Waals surface area contributed by atoms with E-state index < -0.39 is 0 Å². The molecule has 1 heterocycles. The molecule has 0 aromatic carbocycles. The molecule has 0 bridgehead atoms. The van der Waals surface area contributed by atoms with Crippen LogP contribution in [-0.2, 0) is 4.74 Å². The summed E-state index contributed by atoms with van der Waals surface area (Å²) in [5.74, 6) is 0. The van der Waals surface area contributed by atoms with Crippen molar-refractivity contribution in [3.63, 3.8) is 0 Å². The summed E-state index contributed by atoms with van der Waals surface area (Å²) >= 11 is 5.33. The Morgan fingerprint density at radius 3 is 2.75 bits per heavy atom. The highest BCUT2D eigenvalue weighted by molar-refractivity contribution is 7.80. The molecular weight excluding hydrogens is 224 g/mol. The van der Waals surface area contributed by atoms with E-state index in [4.69, 9.17) is 17.0 Å². The lowest BCUT2D eigenvalue weighted by atomic mass is 10.1. The molecule has 1 fully saturated rings. The zero-order valence-electron chi connectivity index (χ0n) is 10.5. The van der Waals surface area contributed by atoms with Crippen molar-refractivity contribution in [3.8, 4) is 0 Å². The average Bonchev–Trinajstić information content (AvgIpc) is 2.14. The third-order valence-electron chi connectivity index (χ3n) is 2.38. The molecule has 0 spiro atoms. The number of nitrogens with zero attached hydrogens (tertiary/aromatic N) is 1. The van der Waals surface area contributed by atoms with Gasteiger partial charge in [-0.1, -0.05) is 0 Å². The maximum atomic E-state index is 9.19. The Bertz CT molecular complexity index is 256. The summed E-state index contributed by atoms with van der Waals surface area (Å²) in [5, 5.41) is 13.1. The third-order valence-corrected chi connectivity index (χ3v) is 2.76. The van der Waals surface area contributed by atoms with E-state index >= 15 is 0 Å². The first-order chi connectivity index (χ1) is 7.34. The van der Waals surface area contributed by atoms with Crippen LogP contribution in [0, 0.1) is 0 Å². The standard InChI is InChI=1S/C11H22N2O2S/c1-8(2)12-10(16)13-5-9(6-14)15-11(3,4)7-13/h8-9,14H,5-7H2,1-4H3,(H,12,16). The molecule has 2 N–H and O–H groups in total. The van der Waals surface area contributed by atoms with Crippen LogP contribution in [-0.4, -0.2) is 52.6 Å². The van der Waals surface area contributed by atoms with Crippen LogP contribution in [0.5, 0.6) is 0 Å². The van der Waals surface area contributed by atoms with E-state index in [0.717, 1.165) is 11.7 Å². The van der Waals surface area contributed by atoms with Gasteiger partial charge in [-0.3, -0.25) is 0 Å². The zero-order valence-corrected chi connectivity index (χ0v) is 11.3. The molecule has 16 heavy (non-hydrogen) atoms. The van der Waals surface area contributed by atoms with E-state index in [9.17, 15) is 5.11 Å². The van der Waals surface area contributed by atoms with Crippen molar-refractivity contribution in [2.24, 2.45) is 0 Å². The Labute approximate surface area is 103 Å². The molecule has 0 saturated carbocycles. The Hall–Kier alpha value is -0.390. The van der Waals surface area contributed by atoms with Crippen molar-refractivity contribution in [2.45, 2.75) is 45.4 Å². The predicted octanol–water partition coefficient (Wildman–Crippen LogP) is 0.741. The van der Waals surface area contributed by atoms with Gasteiger partial charge >= 0.3 is 0 Å². The Morgan fingerprint density at radius 2 is 2.25 bits per heavy atom. The van der Waals surface area contributed by atoms with Crippen molar-refractivity contribution < 1.29 is 9.84 Å². The van der Waals surface area contributed by atoms with Gasteiger partial charge < -0.3 is 20.1 Å². The number of hydrogen-bond acceptors (Lipinski definition) is 3. The summed E-state index contributed by atoms with van der Waals surface area (Å²) in [6.45, 7) is 9.58. The summed E-state index contributed by atoms with van der Waals surface area (Å²) in [6.07, 6.45) is -0.157. The van der Waals surface area contributed by atoms with Gasteiger partial charge in [-0.15, -0.1) is 0 Å². The maximum Gasteiger partial charge on any atom is 0.169 e.